The number of nitrogens with zero attached hydrogens (tertiary/aromatic N) is 1. The van der Waals surface area contributed by atoms with Gasteiger partial charge in [0, 0.05) is 24.8 Å². The minimum atomic E-state index is -4.44. The highest BCUT2D eigenvalue weighted by Gasteiger charge is 2.34. The Labute approximate surface area is 110 Å². The topological polar surface area (TPSA) is 29.3 Å². The molecule has 100 valence electrons. The summed E-state index contributed by atoms with van der Waals surface area (Å²) in [6.45, 7) is 2.75. The van der Waals surface area contributed by atoms with Crippen molar-refractivity contribution in [1.82, 2.24) is 0 Å². The molecule has 0 atom stereocenters. The number of halogens is 3. The molecule has 0 radical (unpaired) electrons. The van der Waals surface area contributed by atoms with Gasteiger partial charge in [-0.25, -0.2) is 0 Å². The quantitative estimate of drug-likeness (QED) is 0.856. The van der Waals surface area contributed by atoms with E-state index in [0.717, 1.165) is 19.0 Å². The van der Waals surface area contributed by atoms with Crippen LogP contribution < -0.4 is 10.6 Å². The van der Waals surface area contributed by atoms with E-state index in [4.69, 9.17) is 5.73 Å². The number of alkyl halides is 3. The molecule has 1 rings (SSSR count). The van der Waals surface area contributed by atoms with Crippen molar-refractivity contribution in [3.05, 3.63) is 29.3 Å². The van der Waals surface area contributed by atoms with E-state index in [1.807, 2.05) is 18.9 Å². The maximum absolute atomic E-state index is 12.8. The van der Waals surface area contributed by atoms with Crippen molar-refractivity contribution in [3.8, 4) is 0 Å². The average molecular weight is 276 g/mol. The zero-order valence-corrected chi connectivity index (χ0v) is 11.0. The van der Waals surface area contributed by atoms with Crippen molar-refractivity contribution in [2.45, 2.75) is 19.5 Å². The lowest BCUT2D eigenvalue weighted by Gasteiger charge is -2.21. The summed E-state index contributed by atoms with van der Waals surface area (Å²) in [4.78, 5) is 1.62. The molecule has 0 saturated carbocycles. The molecule has 18 heavy (non-hydrogen) atoms. The molecule has 2 N–H and O–H groups in total. The summed E-state index contributed by atoms with van der Waals surface area (Å²) in [6.07, 6.45) is -3.54. The van der Waals surface area contributed by atoms with Crippen LogP contribution in [0.15, 0.2) is 18.2 Å². The van der Waals surface area contributed by atoms with Gasteiger partial charge in [-0.2, -0.15) is 13.2 Å². The smallest absolute Gasteiger partial charge is 0.389 e. The number of rotatable bonds is 4. The first-order valence-electron chi connectivity index (χ1n) is 5.49. The van der Waals surface area contributed by atoms with Crippen molar-refractivity contribution >= 4 is 22.9 Å². The molecule has 1 aromatic rings. The molecule has 0 saturated heterocycles. The second-order valence-electron chi connectivity index (χ2n) is 4.01. The van der Waals surface area contributed by atoms with Gasteiger partial charge in [0.25, 0.3) is 0 Å². The van der Waals surface area contributed by atoms with Crippen LogP contribution in [0.4, 0.5) is 18.9 Å². The van der Waals surface area contributed by atoms with Crippen LogP contribution in [0.2, 0.25) is 0 Å². The lowest BCUT2D eigenvalue weighted by atomic mass is 10.1. The predicted molar refractivity (Wildman–Crippen MR) is 70.9 cm³/mol. The molecule has 0 aromatic heterocycles. The molecule has 0 amide bonds. The third kappa shape index (κ3) is 3.35. The van der Waals surface area contributed by atoms with Gasteiger partial charge in [0.1, 0.15) is 4.99 Å². The highest BCUT2D eigenvalue weighted by atomic mass is 32.1. The average Bonchev–Trinajstić information content (AvgIpc) is 2.27. The van der Waals surface area contributed by atoms with Crippen molar-refractivity contribution in [1.29, 1.82) is 0 Å². The van der Waals surface area contributed by atoms with Crippen LogP contribution in [0.5, 0.6) is 0 Å². The minimum absolute atomic E-state index is 0.127. The Morgan fingerprint density at radius 2 is 2.00 bits per heavy atom. The fourth-order valence-electron chi connectivity index (χ4n) is 1.69. The Balaban J connectivity index is 3.24. The van der Waals surface area contributed by atoms with Crippen molar-refractivity contribution in [3.63, 3.8) is 0 Å². The van der Waals surface area contributed by atoms with Gasteiger partial charge in [0.15, 0.2) is 0 Å². The molecule has 2 nitrogen and oxygen atoms in total. The van der Waals surface area contributed by atoms with E-state index in [9.17, 15) is 13.2 Å². The summed E-state index contributed by atoms with van der Waals surface area (Å²) >= 11 is 4.69. The maximum atomic E-state index is 12.8. The number of hydrogen-bond acceptors (Lipinski definition) is 2. The fourth-order valence-corrected chi connectivity index (χ4v) is 1.85. The summed E-state index contributed by atoms with van der Waals surface area (Å²) in [5.41, 5.74) is 5.13. The molecule has 0 unspecified atom stereocenters. The van der Waals surface area contributed by atoms with Gasteiger partial charge in [-0.15, -0.1) is 0 Å². The summed E-state index contributed by atoms with van der Waals surface area (Å²) in [5, 5.41) is 0. The number of benzene rings is 1. The van der Waals surface area contributed by atoms with E-state index in [-0.39, 0.29) is 10.6 Å². The second kappa shape index (κ2) is 5.56. The molecule has 6 heteroatoms. The van der Waals surface area contributed by atoms with E-state index in [2.05, 4.69) is 12.2 Å². The zero-order valence-electron chi connectivity index (χ0n) is 10.2. The number of hydrogen-bond donors (Lipinski definition) is 1. The third-order valence-electron chi connectivity index (χ3n) is 2.57. The van der Waals surface area contributed by atoms with E-state index in [1.165, 1.54) is 12.1 Å². The summed E-state index contributed by atoms with van der Waals surface area (Å²) in [7, 11) is 1.81. The standard InChI is InChI=1S/C12H15F3N2S/c1-3-6-17(2)8-4-5-10(12(13,14)15)9(7-8)11(16)18/h4-5,7H,3,6H2,1-2H3,(H2,16,18). The monoisotopic (exact) mass is 276 g/mol. The number of thiocarbonyl (C=S) groups is 1. The van der Waals surface area contributed by atoms with Gasteiger partial charge in [-0.1, -0.05) is 19.1 Å². The first-order valence-corrected chi connectivity index (χ1v) is 5.90. The van der Waals surface area contributed by atoms with Crippen LogP contribution in [-0.2, 0) is 6.18 Å². The molecular weight excluding hydrogens is 261 g/mol. The van der Waals surface area contributed by atoms with Crippen LogP contribution in [-0.4, -0.2) is 18.6 Å². The van der Waals surface area contributed by atoms with Crippen LogP contribution in [0.3, 0.4) is 0 Å². The summed E-state index contributed by atoms with van der Waals surface area (Å²) in [5.74, 6) is 0. The van der Waals surface area contributed by atoms with Gasteiger partial charge >= 0.3 is 6.18 Å². The Kier molecular flexibility index (Phi) is 4.56. The van der Waals surface area contributed by atoms with Gasteiger partial charge in [0.2, 0.25) is 0 Å². The summed E-state index contributed by atoms with van der Waals surface area (Å²) in [6, 6.07) is 3.84. The van der Waals surface area contributed by atoms with Crippen molar-refractivity contribution in [2.75, 3.05) is 18.5 Å². The van der Waals surface area contributed by atoms with Gasteiger partial charge < -0.3 is 10.6 Å². The van der Waals surface area contributed by atoms with Crippen LogP contribution >= 0.6 is 12.2 Å². The first-order chi connectivity index (χ1) is 8.27. The molecule has 0 spiro atoms. The Morgan fingerprint density at radius 1 is 1.39 bits per heavy atom. The molecule has 0 heterocycles. The molecular formula is C12H15F3N2S. The Bertz CT molecular complexity index is 443. The van der Waals surface area contributed by atoms with E-state index in [0.29, 0.717) is 5.69 Å². The van der Waals surface area contributed by atoms with Gasteiger partial charge in [-0.05, 0) is 24.6 Å². The molecule has 0 aliphatic heterocycles. The second-order valence-corrected chi connectivity index (χ2v) is 4.45. The van der Waals surface area contributed by atoms with E-state index < -0.39 is 11.7 Å². The van der Waals surface area contributed by atoms with Crippen LogP contribution in [0, 0.1) is 0 Å². The van der Waals surface area contributed by atoms with E-state index >= 15 is 0 Å². The predicted octanol–water partition coefficient (Wildman–Crippen LogP) is 3.19. The largest absolute Gasteiger partial charge is 0.417 e. The lowest BCUT2D eigenvalue weighted by Crippen LogP contribution is -2.21. The number of anilines is 1. The molecule has 1 aromatic carbocycles. The summed E-state index contributed by atoms with van der Waals surface area (Å²) < 4.78 is 38.3. The Morgan fingerprint density at radius 3 is 2.44 bits per heavy atom. The highest BCUT2D eigenvalue weighted by molar-refractivity contribution is 7.80. The zero-order chi connectivity index (χ0) is 13.9. The van der Waals surface area contributed by atoms with Gasteiger partial charge in [-0.3, -0.25) is 0 Å². The fraction of sp³-hybridized carbons (Fsp3) is 0.417. The van der Waals surface area contributed by atoms with Gasteiger partial charge in [0.05, 0.1) is 5.56 Å². The molecule has 0 aliphatic carbocycles. The Hall–Kier alpha value is -1.30. The minimum Gasteiger partial charge on any atom is -0.389 e. The SMILES string of the molecule is CCCN(C)c1ccc(C(F)(F)F)c(C(N)=S)c1. The first kappa shape index (κ1) is 14.8. The van der Waals surface area contributed by atoms with Crippen LogP contribution in [0.1, 0.15) is 24.5 Å². The normalized spacial score (nSPS) is 11.4. The highest BCUT2D eigenvalue weighted by Crippen LogP contribution is 2.33. The third-order valence-corrected chi connectivity index (χ3v) is 2.79. The maximum Gasteiger partial charge on any atom is 0.417 e. The van der Waals surface area contributed by atoms with Crippen LogP contribution in [0.25, 0.3) is 0 Å². The van der Waals surface area contributed by atoms with Crippen molar-refractivity contribution in [2.24, 2.45) is 5.73 Å². The van der Waals surface area contributed by atoms with Crippen molar-refractivity contribution < 1.29 is 13.2 Å². The lowest BCUT2D eigenvalue weighted by molar-refractivity contribution is -0.137. The van der Waals surface area contributed by atoms with E-state index in [1.54, 1.807) is 0 Å². The molecule has 0 fully saturated rings. The molecule has 0 aliphatic rings. The molecule has 0 bridgehead atoms. The number of nitrogens with two attached hydrogens (primary N) is 1.